The number of nitro groups is 1. The van der Waals surface area contributed by atoms with Crippen molar-refractivity contribution in [3.63, 3.8) is 0 Å². The Kier molecular flexibility index (Phi) is 11.9. The zero-order chi connectivity index (χ0) is 24.9. The monoisotopic (exact) mass is 493 g/mol. The van der Waals surface area contributed by atoms with Crippen LogP contribution < -0.4 is 10.1 Å². The zero-order valence-electron chi connectivity index (χ0n) is 20.3. The molecule has 188 valence electrons. The smallest absolute Gasteiger partial charge is 0.287 e. The van der Waals surface area contributed by atoms with Crippen LogP contribution in [0.3, 0.4) is 0 Å². The average molecular weight is 494 g/mol. The molecule has 0 saturated carbocycles. The molecular formula is C25H36ClN3O5. The van der Waals surface area contributed by atoms with Crippen molar-refractivity contribution in [1.29, 1.82) is 0 Å². The van der Waals surface area contributed by atoms with Crippen LogP contribution in [0.5, 0.6) is 5.75 Å². The number of hydrogen-bond donors (Lipinski definition) is 1. The van der Waals surface area contributed by atoms with Crippen molar-refractivity contribution in [1.82, 2.24) is 10.2 Å². The Labute approximate surface area is 206 Å². The number of unbranched alkanes of at least 4 members (excludes halogenated alkanes) is 4. The number of carbonyl (C=O) groups excluding carboxylic acids is 1. The SMILES string of the molecule is CCCCCN(CCCCC)CC(C)NC(=O)c1ccc(COc2cc([N+](=O)[O-])ccc2Cl)o1. The van der Waals surface area contributed by atoms with E-state index in [1.807, 2.05) is 6.92 Å². The topological polar surface area (TPSA) is 97.9 Å². The Bertz CT molecular complexity index is 908. The fourth-order valence-electron chi connectivity index (χ4n) is 3.64. The van der Waals surface area contributed by atoms with Crippen LogP contribution in [-0.2, 0) is 6.61 Å². The molecule has 34 heavy (non-hydrogen) atoms. The first-order chi connectivity index (χ1) is 16.3. The van der Waals surface area contributed by atoms with E-state index in [4.69, 9.17) is 20.8 Å². The highest BCUT2D eigenvalue weighted by Crippen LogP contribution is 2.29. The van der Waals surface area contributed by atoms with E-state index in [0.29, 0.717) is 5.76 Å². The summed E-state index contributed by atoms with van der Waals surface area (Å²) in [4.78, 5) is 25.5. The van der Waals surface area contributed by atoms with E-state index in [9.17, 15) is 14.9 Å². The summed E-state index contributed by atoms with van der Waals surface area (Å²) in [6.45, 7) is 9.27. The minimum Gasteiger partial charge on any atom is -0.484 e. The van der Waals surface area contributed by atoms with E-state index < -0.39 is 4.92 Å². The number of carbonyl (C=O) groups is 1. The zero-order valence-corrected chi connectivity index (χ0v) is 21.1. The van der Waals surface area contributed by atoms with Crippen LogP contribution in [0, 0.1) is 10.1 Å². The third-order valence-electron chi connectivity index (χ3n) is 5.45. The Morgan fingerprint density at radius 1 is 1.15 bits per heavy atom. The second-order valence-corrected chi connectivity index (χ2v) is 8.92. The molecule has 0 aliphatic heterocycles. The number of nitrogens with one attached hydrogen (secondary N) is 1. The molecule has 0 spiro atoms. The van der Waals surface area contributed by atoms with Crippen molar-refractivity contribution in [3.8, 4) is 5.75 Å². The van der Waals surface area contributed by atoms with Crippen molar-refractivity contribution in [2.75, 3.05) is 19.6 Å². The molecule has 8 nitrogen and oxygen atoms in total. The third-order valence-corrected chi connectivity index (χ3v) is 5.76. The van der Waals surface area contributed by atoms with Gasteiger partial charge in [-0.25, -0.2) is 0 Å². The third kappa shape index (κ3) is 9.35. The number of ether oxygens (including phenoxy) is 1. The summed E-state index contributed by atoms with van der Waals surface area (Å²) in [6.07, 6.45) is 7.13. The van der Waals surface area contributed by atoms with E-state index >= 15 is 0 Å². The maximum atomic E-state index is 12.7. The molecule has 0 saturated heterocycles. The van der Waals surface area contributed by atoms with Gasteiger partial charge in [-0.2, -0.15) is 0 Å². The van der Waals surface area contributed by atoms with Crippen LogP contribution in [0.4, 0.5) is 5.69 Å². The Morgan fingerprint density at radius 2 is 1.82 bits per heavy atom. The van der Waals surface area contributed by atoms with Crippen LogP contribution in [0.15, 0.2) is 34.7 Å². The van der Waals surface area contributed by atoms with Gasteiger partial charge in [0.15, 0.2) is 5.76 Å². The predicted molar refractivity (Wildman–Crippen MR) is 134 cm³/mol. The van der Waals surface area contributed by atoms with Crippen molar-refractivity contribution >= 4 is 23.2 Å². The van der Waals surface area contributed by atoms with Gasteiger partial charge in [0, 0.05) is 18.7 Å². The highest BCUT2D eigenvalue weighted by atomic mass is 35.5. The molecule has 2 rings (SSSR count). The predicted octanol–water partition coefficient (Wildman–Crippen LogP) is 6.22. The fraction of sp³-hybridized carbons (Fsp3) is 0.560. The molecule has 1 aromatic heterocycles. The van der Waals surface area contributed by atoms with Crippen molar-refractivity contribution in [2.45, 2.75) is 71.9 Å². The summed E-state index contributed by atoms with van der Waals surface area (Å²) in [5, 5.41) is 14.2. The molecule has 1 unspecified atom stereocenters. The quantitative estimate of drug-likeness (QED) is 0.169. The number of halogens is 1. The van der Waals surface area contributed by atoms with Crippen LogP contribution in [0.25, 0.3) is 0 Å². The van der Waals surface area contributed by atoms with Crippen LogP contribution in [0.1, 0.15) is 75.6 Å². The molecule has 1 heterocycles. The second kappa shape index (κ2) is 14.6. The van der Waals surface area contributed by atoms with E-state index in [2.05, 4.69) is 24.1 Å². The Morgan fingerprint density at radius 3 is 2.44 bits per heavy atom. The first kappa shape index (κ1) is 27.7. The summed E-state index contributed by atoms with van der Waals surface area (Å²) in [5.41, 5.74) is -0.119. The van der Waals surface area contributed by atoms with Gasteiger partial charge < -0.3 is 19.4 Å². The number of rotatable bonds is 16. The van der Waals surface area contributed by atoms with Gasteiger partial charge in [-0.3, -0.25) is 14.9 Å². The molecule has 0 bridgehead atoms. The summed E-state index contributed by atoms with van der Waals surface area (Å²) in [7, 11) is 0. The minimum absolute atomic E-state index is 0.00758. The summed E-state index contributed by atoms with van der Waals surface area (Å²) in [6, 6.07) is 7.19. The normalized spacial score (nSPS) is 12.0. The molecule has 2 aromatic rings. The number of hydrogen-bond acceptors (Lipinski definition) is 6. The van der Waals surface area contributed by atoms with Gasteiger partial charge in [-0.1, -0.05) is 51.1 Å². The molecular weight excluding hydrogens is 458 g/mol. The minimum atomic E-state index is -0.519. The van der Waals surface area contributed by atoms with E-state index in [0.717, 1.165) is 19.6 Å². The summed E-state index contributed by atoms with van der Waals surface area (Å²) >= 11 is 6.06. The molecule has 0 fully saturated rings. The number of nitrogens with zero attached hydrogens (tertiary/aromatic N) is 2. The standard InChI is InChI=1S/C25H36ClN3O5/c1-4-6-8-14-28(15-9-7-5-2)17-19(3)27-25(30)23-13-11-21(34-23)18-33-24-16-20(29(31)32)10-12-22(24)26/h10-13,16,19H,4-9,14-15,17-18H2,1-3H3,(H,27,30). The first-order valence-corrected chi connectivity index (χ1v) is 12.4. The molecule has 1 atom stereocenters. The number of furan rings is 1. The lowest BCUT2D eigenvalue weighted by atomic mass is 10.2. The van der Waals surface area contributed by atoms with E-state index in [1.165, 1.54) is 56.7 Å². The molecule has 1 amide bonds. The van der Waals surface area contributed by atoms with Crippen molar-refractivity contribution in [3.05, 3.63) is 57.0 Å². The van der Waals surface area contributed by atoms with Crippen molar-refractivity contribution < 1.29 is 18.9 Å². The van der Waals surface area contributed by atoms with Gasteiger partial charge in [0.05, 0.1) is 16.0 Å². The number of amides is 1. The molecule has 0 radical (unpaired) electrons. The van der Waals surface area contributed by atoms with Gasteiger partial charge in [0.25, 0.3) is 11.6 Å². The lowest BCUT2D eigenvalue weighted by molar-refractivity contribution is -0.384. The molecule has 9 heteroatoms. The fourth-order valence-corrected chi connectivity index (χ4v) is 3.81. The molecule has 1 aromatic carbocycles. The summed E-state index contributed by atoms with van der Waals surface area (Å²) < 4.78 is 11.2. The Hall–Kier alpha value is -2.58. The van der Waals surface area contributed by atoms with Crippen LogP contribution in [-0.4, -0.2) is 41.4 Å². The van der Waals surface area contributed by atoms with E-state index in [-0.39, 0.29) is 40.8 Å². The number of benzene rings is 1. The lowest BCUT2D eigenvalue weighted by Crippen LogP contribution is -2.42. The van der Waals surface area contributed by atoms with Gasteiger partial charge >= 0.3 is 0 Å². The first-order valence-electron chi connectivity index (χ1n) is 12.0. The lowest BCUT2D eigenvalue weighted by Gasteiger charge is -2.26. The second-order valence-electron chi connectivity index (χ2n) is 8.52. The summed E-state index contributed by atoms with van der Waals surface area (Å²) in [5.74, 6) is 0.507. The maximum Gasteiger partial charge on any atom is 0.287 e. The molecule has 0 aliphatic carbocycles. The molecule has 0 aliphatic rings. The average Bonchev–Trinajstić information content (AvgIpc) is 3.27. The molecule has 1 N–H and O–H groups in total. The van der Waals surface area contributed by atoms with Gasteiger partial charge in [0.1, 0.15) is 18.1 Å². The van der Waals surface area contributed by atoms with E-state index in [1.54, 1.807) is 12.1 Å². The van der Waals surface area contributed by atoms with Crippen LogP contribution >= 0.6 is 11.6 Å². The van der Waals surface area contributed by atoms with Gasteiger partial charge in [0.2, 0.25) is 0 Å². The highest BCUT2D eigenvalue weighted by Gasteiger charge is 2.17. The van der Waals surface area contributed by atoms with Gasteiger partial charge in [-0.15, -0.1) is 0 Å². The Balaban J connectivity index is 1.88. The number of nitro benzene ring substituents is 1. The number of non-ortho nitro benzene ring substituents is 1. The van der Waals surface area contributed by atoms with Gasteiger partial charge in [-0.05, 0) is 51.1 Å². The van der Waals surface area contributed by atoms with Crippen LogP contribution in [0.2, 0.25) is 5.02 Å². The maximum absolute atomic E-state index is 12.7. The van der Waals surface area contributed by atoms with Crippen molar-refractivity contribution in [2.24, 2.45) is 0 Å². The highest BCUT2D eigenvalue weighted by molar-refractivity contribution is 6.32. The largest absolute Gasteiger partial charge is 0.484 e.